The van der Waals surface area contributed by atoms with E-state index in [0.29, 0.717) is 32.6 Å². The highest BCUT2D eigenvalue weighted by Crippen LogP contribution is 2.22. The molecule has 0 aliphatic carbocycles. The highest BCUT2D eigenvalue weighted by Gasteiger charge is 2.37. The summed E-state index contributed by atoms with van der Waals surface area (Å²) in [5, 5.41) is 0. The number of ether oxygens (including phenoxy) is 1. The Morgan fingerprint density at radius 3 is 2.68 bits per heavy atom. The van der Waals surface area contributed by atoms with E-state index in [1.807, 2.05) is 24.3 Å². The van der Waals surface area contributed by atoms with Crippen LogP contribution in [0.1, 0.15) is 18.4 Å². The lowest BCUT2D eigenvalue weighted by molar-refractivity contribution is -0.139. The number of carbonyl (C=O) groups is 1. The molecule has 1 saturated heterocycles. The zero-order chi connectivity index (χ0) is 13.9. The van der Waals surface area contributed by atoms with Crippen molar-refractivity contribution in [1.82, 2.24) is 4.90 Å². The molecule has 1 aliphatic rings. The van der Waals surface area contributed by atoms with Crippen molar-refractivity contribution in [1.29, 1.82) is 0 Å². The quantitative estimate of drug-likeness (QED) is 0.923. The molecule has 1 fully saturated rings. The molecule has 1 amide bonds. The number of nitrogens with two attached hydrogens (primary N) is 1. The smallest absolute Gasteiger partial charge is 0.242 e. The molecule has 4 nitrogen and oxygen atoms in total. The van der Waals surface area contributed by atoms with E-state index in [-0.39, 0.29) is 5.91 Å². The van der Waals surface area contributed by atoms with Crippen LogP contribution in [0.15, 0.2) is 28.7 Å². The van der Waals surface area contributed by atoms with Crippen LogP contribution in [0.5, 0.6) is 0 Å². The molecule has 1 aromatic carbocycles. The molecule has 0 atom stereocenters. The molecule has 0 radical (unpaired) electrons. The van der Waals surface area contributed by atoms with Gasteiger partial charge < -0.3 is 15.4 Å². The van der Waals surface area contributed by atoms with Gasteiger partial charge in [0.25, 0.3) is 0 Å². The molecule has 2 rings (SSSR count). The fraction of sp³-hybridized carbons (Fsp3) is 0.500. The Labute approximate surface area is 122 Å². The monoisotopic (exact) mass is 326 g/mol. The molecule has 104 valence electrons. The topological polar surface area (TPSA) is 55.6 Å². The minimum absolute atomic E-state index is 0.00782. The van der Waals surface area contributed by atoms with Crippen LogP contribution in [0.4, 0.5) is 0 Å². The first-order chi connectivity index (χ1) is 9.03. The van der Waals surface area contributed by atoms with Crippen LogP contribution in [0, 0.1) is 0 Å². The SMILES string of the molecule is CN(Cc1ccccc1Br)C(=O)C1(N)CCOCC1. The molecular formula is C14H19BrN2O2. The minimum Gasteiger partial charge on any atom is -0.381 e. The van der Waals surface area contributed by atoms with E-state index in [2.05, 4.69) is 15.9 Å². The maximum absolute atomic E-state index is 12.5. The number of halogens is 1. The number of hydrogen-bond donors (Lipinski definition) is 1. The standard InChI is InChI=1S/C14H19BrN2O2/c1-17(10-11-4-2-3-5-12(11)15)13(18)14(16)6-8-19-9-7-14/h2-5H,6-10,16H2,1H3. The van der Waals surface area contributed by atoms with Crippen molar-refractivity contribution in [3.05, 3.63) is 34.3 Å². The van der Waals surface area contributed by atoms with E-state index >= 15 is 0 Å². The molecule has 19 heavy (non-hydrogen) atoms. The normalized spacial score (nSPS) is 18.1. The van der Waals surface area contributed by atoms with Gasteiger partial charge in [-0.3, -0.25) is 4.79 Å². The van der Waals surface area contributed by atoms with Crippen LogP contribution in [0.25, 0.3) is 0 Å². The maximum Gasteiger partial charge on any atom is 0.242 e. The summed E-state index contributed by atoms with van der Waals surface area (Å²) in [6.45, 7) is 1.68. The third-order valence-corrected chi connectivity index (χ3v) is 4.30. The molecule has 1 heterocycles. The Kier molecular flexibility index (Phi) is 4.60. The van der Waals surface area contributed by atoms with Crippen molar-refractivity contribution in [2.75, 3.05) is 20.3 Å². The van der Waals surface area contributed by atoms with Gasteiger partial charge in [0.05, 0.1) is 5.54 Å². The number of likely N-dealkylation sites (N-methyl/N-ethyl adjacent to an activating group) is 1. The summed E-state index contributed by atoms with van der Waals surface area (Å²) in [5.74, 6) is -0.00782. The molecule has 0 spiro atoms. The highest BCUT2D eigenvalue weighted by atomic mass is 79.9. The van der Waals surface area contributed by atoms with Gasteiger partial charge >= 0.3 is 0 Å². The maximum atomic E-state index is 12.5. The van der Waals surface area contributed by atoms with E-state index in [9.17, 15) is 4.79 Å². The molecule has 1 aliphatic heterocycles. The summed E-state index contributed by atoms with van der Waals surface area (Å²) >= 11 is 3.49. The summed E-state index contributed by atoms with van der Waals surface area (Å²) in [7, 11) is 1.80. The number of benzene rings is 1. The van der Waals surface area contributed by atoms with Gasteiger partial charge in [0.15, 0.2) is 0 Å². The van der Waals surface area contributed by atoms with E-state index in [0.717, 1.165) is 10.0 Å². The zero-order valence-corrected chi connectivity index (χ0v) is 12.6. The van der Waals surface area contributed by atoms with Crippen molar-refractivity contribution >= 4 is 21.8 Å². The summed E-state index contributed by atoms with van der Waals surface area (Å²) in [5.41, 5.74) is 6.52. The van der Waals surface area contributed by atoms with Gasteiger partial charge in [0.2, 0.25) is 5.91 Å². The first-order valence-corrected chi connectivity index (χ1v) is 7.18. The highest BCUT2D eigenvalue weighted by molar-refractivity contribution is 9.10. The van der Waals surface area contributed by atoms with Crippen LogP contribution in [-0.2, 0) is 16.1 Å². The van der Waals surface area contributed by atoms with E-state index in [4.69, 9.17) is 10.5 Å². The second-order valence-electron chi connectivity index (χ2n) is 5.02. The number of rotatable bonds is 3. The summed E-state index contributed by atoms with van der Waals surface area (Å²) < 4.78 is 6.28. The summed E-state index contributed by atoms with van der Waals surface area (Å²) in [6.07, 6.45) is 1.18. The Bertz CT molecular complexity index is 459. The largest absolute Gasteiger partial charge is 0.381 e. The van der Waals surface area contributed by atoms with Crippen LogP contribution in [0.3, 0.4) is 0 Å². The van der Waals surface area contributed by atoms with Crippen LogP contribution < -0.4 is 5.73 Å². The Morgan fingerprint density at radius 2 is 2.05 bits per heavy atom. The molecule has 0 unspecified atom stereocenters. The van der Waals surface area contributed by atoms with Crippen LogP contribution >= 0.6 is 15.9 Å². The molecule has 0 bridgehead atoms. The lowest BCUT2D eigenvalue weighted by Crippen LogP contribution is -2.57. The minimum atomic E-state index is -0.770. The zero-order valence-electron chi connectivity index (χ0n) is 11.1. The van der Waals surface area contributed by atoms with Gasteiger partial charge in [-0.2, -0.15) is 0 Å². The fourth-order valence-corrected chi connectivity index (χ4v) is 2.69. The van der Waals surface area contributed by atoms with Crippen molar-refractivity contribution in [3.63, 3.8) is 0 Å². The van der Waals surface area contributed by atoms with Gasteiger partial charge in [0.1, 0.15) is 0 Å². The van der Waals surface area contributed by atoms with Crippen LogP contribution in [-0.4, -0.2) is 36.6 Å². The summed E-state index contributed by atoms with van der Waals surface area (Å²) in [6, 6.07) is 7.89. The fourth-order valence-electron chi connectivity index (χ4n) is 2.28. The van der Waals surface area contributed by atoms with Gasteiger partial charge in [-0.25, -0.2) is 0 Å². The Balaban J connectivity index is 2.05. The third-order valence-electron chi connectivity index (χ3n) is 3.52. The van der Waals surface area contributed by atoms with Gasteiger partial charge in [-0.1, -0.05) is 34.1 Å². The van der Waals surface area contributed by atoms with Crippen molar-refractivity contribution in [3.8, 4) is 0 Å². The predicted octanol–water partition coefficient (Wildman–Crippen LogP) is 1.92. The molecule has 5 heteroatoms. The third kappa shape index (κ3) is 3.35. The Hall–Kier alpha value is -0.910. The number of nitrogens with zero attached hydrogens (tertiary/aromatic N) is 1. The molecular weight excluding hydrogens is 308 g/mol. The van der Waals surface area contributed by atoms with E-state index in [1.54, 1.807) is 11.9 Å². The first-order valence-electron chi connectivity index (χ1n) is 6.38. The lowest BCUT2D eigenvalue weighted by Gasteiger charge is -2.35. The van der Waals surface area contributed by atoms with Gasteiger partial charge in [-0.05, 0) is 24.5 Å². The van der Waals surface area contributed by atoms with Crippen molar-refractivity contribution in [2.24, 2.45) is 5.73 Å². The van der Waals surface area contributed by atoms with Gasteiger partial charge in [-0.15, -0.1) is 0 Å². The predicted molar refractivity (Wildman–Crippen MR) is 77.6 cm³/mol. The average Bonchev–Trinajstić information content (AvgIpc) is 2.41. The summed E-state index contributed by atoms with van der Waals surface area (Å²) in [4.78, 5) is 14.2. The molecule has 0 aromatic heterocycles. The van der Waals surface area contributed by atoms with Crippen LogP contribution in [0.2, 0.25) is 0 Å². The second kappa shape index (κ2) is 6.03. The average molecular weight is 327 g/mol. The van der Waals surface area contributed by atoms with Crippen molar-refractivity contribution < 1.29 is 9.53 Å². The molecule has 2 N–H and O–H groups in total. The number of hydrogen-bond acceptors (Lipinski definition) is 3. The molecule has 0 saturated carbocycles. The van der Waals surface area contributed by atoms with Gasteiger partial charge in [0, 0.05) is 31.3 Å². The van der Waals surface area contributed by atoms with Crippen molar-refractivity contribution in [2.45, 2.75) is 24.9 Å². The second-order valence-corrected chi connectivity index (χ2v) is 5.88. The van der Waals surface area contributed by atoms with E-state index in [1.165, 1.54) is 0 Å². The lowest BCUT2D eigenvalue weighted by atomic mass is 9.89. The Morgan fingerprint density at radius 1 is 1.42 bits per heavy atom. The molecule has 1 aromatic rings. The first kappa shape index (κ1) is 14.5. The number of amides is 1. The van der Waals surface area contributed by atoms with E-state index < -0.39 is 5.54 Å². The number of carbonyl (C=O) groups excluding carboxylic acids is 1.